The molecule has 152 valence electrons. The van der Waals surface area contributed by atoms with E-state index < -0.39 is 61.6 Å². The van der Waals surface area contributed by atoms with E-state index >= 15 is 0 Å². The molecule has 0 atom stereocenters. The minimum atomic E-state index is -5.96. The minimum Gasteiger partial charge on any atom is -0.744 e. The Kier molecular flexibility index (Phi) is 9.37. The molecule has 0 heterocycles. The molecule has 0 aliphatic carbocycles. The SMILES string of the molecule is O=S(=O)([O-])c1c(S(=O)(=O)[O-])c2ccc3cccc4cc(O)c(c1S(=O)(=O)[O-])c2c34.[Na+].[Na+].[Na+]. The summed E-state index contributed by atoms with van der Waals surface area (Å²) in [5.41, 5.74) is 0. The van der Waals surface area contributed by atoms with Crippen LogP contribution in [0, 0.1) is 0 Å². The van der Waals surface area contributed by atoms with Crippen LogP contribution in [0.15, 0.2) is 51.1 Å². The van der Waals surface area contributed by atoms with Crippen LogP contribution in [0.4, 0.5) is 0 Å². The zero-order valence-electron chi connectivity index (χ0n) is 16.8. The summed E-state index contributed by atoms with van der Waals surface area (Å²) in [6.45, 7) is 0. The maximum Gasteiger partial charge on any atom is 1.00 e. The predicted molar refractivity (Wildman–Crippen MR) is 95.7 cm³/mol. The molecule has 1 N–H and O–H groups in total. The van der Waals surface area contributed by atoms with Crippen LogP contribution >= 0.6 is 0 Å². The molecule has 10 nitrogen and oxygen atoms in total. The summed E-state index contributed by atoms with van der Waals surface area (Å²) < 4.78 is 107. The molecule has 4 aromatic rings. The maximum absolute atomic E-state index is 11.9. The van der Waals surface area contributed by atoms with Crippen molar-refractivity contribution in [2.24, 2.45) is 0 Å². The molecule has 0 amide bonds. The smallest absolute Gasteiger partial charge is 0.744 e. The number of hydrogen-bond donors (Lipinski definition) is 1. The third-order valence-corrected chi connectivity index (χ3v) is 7.51. The molecule has 0 aliphatic rings. The van der Waals surface area contributed by atoms with Gasteiger partial charge in [-0.05, 0) is 22.2 Å². The van der Waals surface area contributed by atoms with Gasteiger partial charge in [0.05, 0.1) is 14.7 Å². The summed E-state index contributed by atoms with van der Waals surface area (Å²) in [5, 5.41) is 9.48. The van der Waals surface area contributed by atoms with Crippen molar-refractivity contribution in [3.63, 3.8) is 0 Å². The summed E-state index contributed by atoms with van der Waals surface area (Å²) in [6.07, 6.45) is 0. The van der Waals surface area contributed by atoms with E-state index in [4.69, 9.17) is 0 Å². The summed E-state index contributed by atoms with van der Waals surface area (Å²) in [5.74, 6) is -0.879. The van der Waals surface area contributed by atoms with Gasteiger partial charge in [-0.3, -0.25) is 0 Å². The molecule has 0 spiro atoms. The van der Waals surface area contributed by atoms with Gasteiger partial charge in [-0.15, -0.1) is 0 Å². The van der Waals surface area contributed by atoms with Gasteiger partial charge in [0.25, 0.3) is 0 Å². The largest absolute Gasteiger partial charge is 1.00 e. The van der Waals surface area contributed by atoms with Crippen LogP contribution in [0.1, 0.15) is 0 Å². The first-order valence-electron chi connectivity index (χ1n) is 7.57. The van der Waals surface area contributed by atoms with Crippen molar-refractivity contribution in [2.75, 3.05) is 0 Å². The average Bonchev–Trinajstić information content (AvgIpc) is 2.56. The molecule has 32 heavy (non-hydrogen) atoms. The Balaban J connectivity index is 0.00000171. The third kappa shape index (κ3) is 4.90. The minimum absolute atomic E-state index is 0. The van der Waals surface area contributed by atoms with Crippen molar-refractivity contribution in [1.29, 1.82) is 0 Å². The van der Waals surface area contributed by atoms with E-state index in [1.807, 2.05) is 0 Å². The van der Waals surface area contributed by atoms with Gasteiger partial charge in [0, 0.05) is 16.2 Å². The number of benzene rings is 4. The molecule has 0 fully saturated rings. The van der Waals surface area contributed by atoms with Gasteiger partial charge < -0.3 is 18.8 Å². The number of phenolic OH excluding ortho intramolecular Hbond substituents is 1. The number of phenols is 1. The molecule has 0 radical (unpaired) electrons. The molecule has 4 rings (SSSR count). The molecule has 0 bridgehead atoms. The molecule has 0 saturated carbocycles. The zero-order chi connectivity index (χ0) is 21.5. The third-order valence-electron chi connectivity index (χ3n) is 4.51. The van der Waals surface area contributed by atoms with Crippen molar-refractivity contribution >= 4 is 62.7 Å². The summed E-state index contributed by atoms with van der Waals surface area (Å²) in [7, 11) is -17.5. The van der Waals surface area contributed by atoms with Crippen molar-refractivity contribution in [3.8, 4) is 5.75 Å². The average molecular weight is 524 g/mol. The number of hydrogen-bond acceptors (Lipinski definition) is 10. The Morgan fingerprint density at radius 1 is 0.594 bits per heavy atom. The summed E-state index contributed by atoms with van der Waals surface area (Å²) in [4.78, 5) is -5.42. The first-order valence-corrected chi connectivity index (χ1v) is 11.8. The van der Waals surface area contributed by atoms with Crippen molar-refractivity contribution in [2.45, 2.75) is 14.7 Å². The second kappa shape index (κ2) is 9.84. The van der Waals surface area contributed by atoms with Gasteiger partial charge in [-0.1, -0.05) is 30.3 Å². The summed E-state index contributed by atoms with van der Waals surface area (Å²) >= 11 is 0. The molecule has 0 saturated heterocycles. The van der Waals surface area contributed by atoms with Crippen LogP contribution in [0.5, 0.6) is 5.75 Å². The molecular formula is C16H7Na3O10S3. The van der Waals surface area contributed by atoms with Crippen LogP contribution in [-0.2, 0) is 30.4 Å². The van der Waals surface area contributed by atoms with Crippen molar-refractivity contribution in [1.82, 2.24) is 0 Å². The van der Waals surface area contributed by atoms with Gasteiger partial charge >= 0.3 is 88.7 Å². The monoisotopic (exact) mass is 524 g/mol. The number of aromatic hydroxyl groups is 1. The second-order valence-corrected chi connectivity index (χ2v) is 10.1. The van der Waals surface area contributed by atoms with Gasteiger partial charge in [0.1, 0.15) is 36.1 Å². The topological polar surface area (TPSA) is 192 Å². The Hall–Kier alpha value is 0.450. The molecule has 0 unspecified atom stereocenters. The van der Waals surface area contributed by atoms with Crippen LogP contribution in [-0.4, -0.2) is 44.0 Å². The van der Waals surface area contributed by atoms with E-state index in [1.54, 1.807) is 12.1 Å². The van der Waals surface area contributed by atoms with Crippen LogP contribution in [0.25, 0.3) is 32.3 Å². The molecular weight excluding hydrogens is 517 g/mol. The predicted octanol–water partition coefficient (Wildman–Crippen LogP) is -7.99. The van der Waals surface area contributed by atoms with Crippen molar-refractivity contribution < 1.29 is 133 Å². The molecule has 4 aromatic carbocycles. The van der Waals surface area contributed by atoms with Crippen LogP contribution in [0.3, 0.4) is 0 Å². The van der Waals surface area contributed by atoms with E-state index in [2.05, 4.69) is 0 Å². The molecule has 0 aromatic heterocycles. The van der Waals surface area contributed by atoms with Crippen LogP contribution < -0.4 is 88.7 Å². The Bertz CT molecular complexity index is 1680. The van der Waals surface area contributed by atoms with E-state index in [1.165, 1.54) is 12.1 Å². The Labute approximate surface area is 248 Å². The second-order valence-electron chi connectivity index (χ2n) is 6.19. The first-order chi connectivity index (χ1) is 13.2. The van der Waals surface area contributed by atoms with E-state index in [0.29, 0.717) is 10.8 Å². The van der Waals surface area contributed by atoms with E-state index in [0.717, 1.165) is 12.1 Å². The molecule has 16 heteroatoms. The van der Waals surface area contributed by atoms with Gasteiger partial charge in [-0.25, -0.2) is 25.3 Å². The van der Waals surface area contributed by atoms with Crippen molar-refractivity contribution in [3.05, 3.63) is 36.4 Å². The normalized spacial score (nSPS) is 12.3. The fraction of sp³-hybridized carbons (Fsp3) is 0. The standard InChI is InChI=1S/C16H10O10S3.3Na/c17-10-6-8-3-1-2-7-4-5-9-12(11(7)8)13(10)15(28(21,22)23)16(29(24,25)26)14(9)27(18,19)20;;;/h1-6,17H,(H,18,19,20)(H,21,22,23)(H,24,25,26);;;/q;3*+1/p-3. The Morgan fingerprint density at radius 2 is 1.09 bits per heavy atom. The zero-order valence-corrected chi connectivity index (χ0v) is 25.3. The fourth-order valence-corrected chi connectivity index (χ4v) is 7.12. The quantitative estimate of drug-likeness (QED) is 0.153. The van der Waals surface area contributed by atoms with Gasteiger partial charge in [0.15, 0.2) is 0 Å². The van der Waals surface area contributed by atoms with Gasteiger partial charge in [0.2, 0.25) is 0 Å². The maximum atomic E-state index is 11.9. The number of rotatable bonds is 3. The first kappa shape index (κ1) is 30.5. The van der Waals surface area contributed by atoms with E-state index in [9.17, 15) is 44.0 Å². The Morgan fingerprint density at radius 3 is 1.59 bits per heavy atom. The van der Waals surface area contributed by atoms with E-state index in [-0.39, 0.29) is 99.4 Å². The van der Waals surface area contributed by atoms with Crippen LogP contribution in [0.2, 0.25) is 0 Å². The molecule has 0 aliphatic heterocycles. The van der Waals surface area contributed by atoms with Gasteiger partial charge in [-0.2, -0.15) is 0 Å². The fourth-order valence-electron chi connectivity index (χ4n) is 3.61. The summed E-state index contributed by atoms with van der Waals surface area (Å²) in [6, 6.07) is 7.96.